The maximum absolute atomic E-state index is 11.3. The lowest BCUT2D eigenvalue weighted by atomic mass is 10.1. The number of benzene rings is 1. The number of carboxylic acids is 1. The van der Waals surface area contributed by atoms with E-state index in [1.54, 1.807) is 0 Å². The number of nitro groups is 1. The zero-order valence-electron chi connectivity index (χ0n) is 10.9. The fourth-order valence-electron chi connectivity index (χ4n) is 1.84. The van der Waals surface area contributed by atoms with E-state index in [-0.39, 0.29) is 28.0 Å². The third-order valence-electron chi connectivity index (χ3n) is 2.85. The quantitative estimate of drug-likeness (QED) is 0.635. The molecule has 2 rings (SSSR count). The van der Waals surface area contributed by atoms with Gasteiger partial charge in [-0.2, -0.15) is 0 Å². The predicted molar refractivity (Wildman–Crippen MR) is 81.4 cm³/mol. The smallest absolute Gasteiger partial charge is 0.338 e. The van der Waals surface area contributed by atoms with Crippen LogP contribution in [0.15, 0.2) is 29.6 Å². The lowest BCUT2D eigenvalue weighted by molar-refractivity contribution is -0.384. The summed E-state index contributed by atoms with van der Waals surface area (Å²) in [6, 6.07) is 5.76. The molecule has 1 atom stereocenters. The number of halogens is 1. The first kappa shape index (κ1) is 15.3. The molecule has 0 fully saturated rings. The summed E-state index contributed by atoms with van der Waals surface area (Å²) in [5.74, 6) is -1.28. The van der Waals surface area contributed by atoms with Crippen LogP contribution in [0.5, 0.6) is 0 Å². The van der Waals surface area contributed by atoms with Crippen molar-refractivity contribution in [2.45, 2.75) is 13.0 Å². The minimum Gasteiger partial charge on any atom is -0.478 e. The zero-order chi connectivity index (χ0) is 15.6. The van der Waals surface area contributed by atoms with Crippen LogP contribution in [0.2, 0.25) is 5.02 Å². The fourth-order valence-corrected chi connectivity index (χ4v) is 2.84. The summed E-state index contributed by atoms with van der Waals surface area (Å²) in [6.07, 6.45) is 0. The number of thiophene rings is 1. The highest BCUT2D eigenvalue weighted by Gasteiger charge is 2.21. The number of nitro benzene ring substituents is 1. The summed E-state index contributed by atoms with van der Waals surface area (Å²) in [5, 5.41) is 24.9. The molecule has 0 aliphatic carbocycles. The van der Waals surface area contributed by atoms with Crippen LogP contribution < -0.4 is 5.32 Å². The van der Waals surface area contributed by atoms with Crippen LogP contribution in [0, 0.1) is 10.1 Å². The number of rotatable bonds is 5. The molecule has 8 heteroatoms. The van der Waals surface area contributed by atoms with Gasteiger partial charge in [0.15, 0.2) is 0 Å². The molecule has 0 aliphatic heterocycles. The Morgan fingerprint density at radius 3 is 2.76 bits per heavy atom. The summed E-state index contributed by atoms with van der Waals surface area (Å²) in [4.78, 5) is 22.4. The van der Waals surface area contributed by atoms with Gasteiger partial charge in [-0.1, -0.05) is 17.7 Å². The SMILES string of the molecule is CC(Nc1c(Cl)cc([N+](=O)[O-])cc1C(=O)O)c1cccs1. The van der Waals surface area contributed by atoms with Gasteiger partial charge in [-0.05, 0) is 18.4 Å². The molecule has 0 spiro atoms. The molecule has 0 radical (unpaired) electrons. The molecule has 0 bridgehead atoms. The van der Waals surface area contributed by atoms with Gasteiger partial charge in [-0.15, -0.1) is 11.3 Å². The van der Waals surface area contributed by atoms with Crippen LogP contribution in [0.1, 0.15) is 28.2 Å². The Labute approximate surface area is 129 Å². The normalized spacial score (nSPS) is 11.9. The zero-order valence-corrected chi connectivity index (χ0v) is 12.4. The van der Waals surface area contributed by atoms with E-state index in [9.17, 15) is 20.0 Å². The number of nitrogens with one attached hydrogen (secondary N) is 1. The second-order valence-electron chi connectivity index (χ2n) is 4.29. The molecule has 0 aliphatic rings. The summed E-state index contributed by atoms with van der Waals surface area (Å²) in [6.45, 7) is 1.86. The number of hydrogen-bond acceptors (Lipinski definition) is 5. The van der Waals surface area contributed by atoms with Gasteiger partial charge in [0.05, 0.1) is 27.2 Å². The van der Waals surface area contributed by atoms with Crippen LogP contribution in [0.3, 0.4) is 0 Å². The van der Waals surface area contributed by atoms with Crippen molar-refractivity contribution in [2.24, 2.45) is 0 Å². The van der Waals surface area contributed by atoms with Gasteiger partial charge in [0.2, 0.25) is 0 Å². The first-order valence-electron chi connectivity index (χ1n) is 5.91. The van der Waals surface area contributed by atoms with Crippen LogP contribution >= 0.6 is 22.9 Å². The highest BCUT2D eigenvalue weighted by Crippen LogP contribution is 2.34. The van der Waals surface area contributed by atoms with E-state index in [0.717, 1.165) is 17.0 Å². The van der Waals surface area contributed by atoms with E-state index in [4.69, 9.17) is 11.6 Å². The monoisotopic (exact) mass is 326 g/mol. The van der Waals surface area contributed by atoms with Crippen LogP contribution in [0.4, 0.5) is 11.4 Å². The van der Waals surface area contributed by atoms with Crippen LogP contribution in [0.25, 0.3) is 0 Å². The van der Waals surface area contributed by atoms with Gasteiger partial charge < -0.3 is 10.4 Å². The Balaban J connectivity index is 2.42. The van der Waals surface area contributed by atoms with Gasteiger partial charge in [0.25, 0.3) is 5.69 Å². The summed E-state index contributed by atoms with van der Waals surface area (Å²) < 4.78 is 0. The molecule has 0 saturated heterocycles. The van der Waals surface area contributed by atoms with Gasteiger partial charge in [0, 0.05) is 17.0 Å². The topological polar surface area (TPSA) is 92.5 Å². The summed E-state index contributed by atoms with van der Waals surface area (Å²) >= 11 is 7.52. The van der Waals surface area contributed by atoms with E-state index in [2.05, 4.69) is 5.32 Å². The molecule has 110 valence electrons. The maximum Gasteiger partial charge on any atom is 0.338 e. The van der Waals surface area contributed by atoms with E-state index in [1.165, 1.54) is 11.3 Å². The third-order valence-corrected chi connectivity index (χ3v) is 4.20. The summed E-state index contributed by atoms with van der Waals surface area (Å²) in [5.41, 5.74) is -0.403. The van der Waals surface area contributed by atoms with Crippen molar-refractivity contribution in [3.63, 3.8) is 0 Å². The Bertz CT molecular complexity index is 688. The minimum atomic E-state index is -1.28. The second-order valence-corrected chi connectivity index (χ2v) is 5.68. The number of carbonyl (C=O) groups is 1. The molecular weight excluding hydrogens is 316 g/mol. The highest BCUT2D eigenvalue weighted by atomic mass is 35.5. The molecule has 1 aromatic carbocycles. The average molecular weight is 327 g/mol. The molecule has 21 heavy (non-hydrogen) atoms. The molecule has 1 heterocycles. The maximum atomic E-state index is 11.3. The Morgan fingerprint density at radius 2 is 2.24 bits per heavy atom. The standard InChI is InChI=1S/C13H11ClN2O4S/c1-7(11-3-2-4-21-11)15-12-9(13(17)18)5-8(16(19)20)6-10(12)14/h2-7,15H,1H3,(H,17,18). The van der Waals surface area contributed by atoms with Gasteiger partial charge in [-0.3, -0.25) is 10.1 Å². The summed E-state index contributed by atoms with van der Waals surface area (Å²) in [7, 11) is 0. The molecule has 2 N–H and O–H groups in total. The Hall–Kier alpha value is -2.12. The van der Waals surface area contributed by atoms with E-state index in [1.807, 2.05) is 24.4 Å². The van der Waals surface area contributed by atoms with Gasteiger partial charge in [-0.25, -0.2) is 4.79 Å². The highest BCUT2D eigenvalue weighted by molar-refractivity contribution is 7.10. The largest absolute Gasteiger partial charge is 0.478 e. The number of anilines is 1. The number of non-ortho nitro benzene ring substituents is 1. The van der Waals surface area contributed by atoms with E-state index >= 15 is 0 Å². The van der Waals surface area contributed by atoms with Crippen LogP contribution in [-0.2, 0) is 0 Å². The van der Waals surface area contributed by atoms with Gasteiger partial charge in [0.1, 0.15) is 0 Å². The van der Waals surface area contributed by atoms with Crippen molar-refractivity contribution in [3.8, 4) is 0 Å². The Kier molecular flexibility index (Phi) is 4.44. The first-order chi connectivity index (χ1) is 9.90. The average Bonchev–Trinajstić information content (AvgIpc) is 2.94. The molecule has 1 aromatic heterocycles. The van der Waals surface area contributed by atoms with E-state index in [0.29, 0.717) is 0 Å². The van der Waals surface area contributed by atoms with Crippen molar-refractivity contribution < 1.29 is 14.8 Å². The molecule has 0 saturated carbocycles. The molecule has 1 unspecified atom stereocenters. The molecule has 6 nitrogen and oxygen atoms in total. The molecular formula is C13H11ClN2O4S. The Morgan fingerprint density at radius 1 is 1.52 bits per heavy atom. The van der Waals surface area contributed by atoms with Crippen molar-refractivity contribution in [2.75, 3.05) is 5.32 Å². The number of hydrogen-bond donors (Lipinski definition) is 2. The lowest BCUT2D eigenvalue weighted by Crippen LogP contribution is -2.11. The van der Waals surface area contributed by atoms with Crippen molar-refractivity contribution in [1.82, 2.24) is 0 Å². The fraction of sp³-hybridized carbons (Fsp3) is 0.154. The third kappa shape index (κ3) is 3.32. The molecule has 0 amide bonds. The molecule has 2 aromatic rings. The predicted octanol–water partition coefficient (Wildman–Crippen LogP) is 4.18. The van der Waals surface area contributed by atoms with Crippen molar-refractivity contribution in [3.05, 3.63) is 55.2 Å². The number of aromatic carboxylic acids is 1. The lowest BCUT2D eigenvalue weighted by Gasteiger charge is -2.17. The number of nitrogens with zero attached hydrogens (tertiary/aromatic N) is 1. The van der Waals surface area contributed by atoms with Crippen molar-refractivity contribution >= 4 is 40.3 Å². The minimum absolute atomic E-state index is 0.00464. The number of carboxylic acid groups (broad SMARTS) is 1. The first-order valence-corrected chi connectivity index (χ1v) is 7.17. The van der Waals surface area contributed by atoms with Gasteiger partial charge >= 0.3 is 5.97 Å². The van der Waals surface area contributed by atoms with E-state index < -0.39 is 10.9 Å². The second kappa shape index (κ2) is 6.11. The van der Waals surface area contributed by atoms with Crippen LogP contribution in [-0.4, -0.2) is 16.0 Å². The van der Waals surface area contributed by atoms with Crippen molar-refractivity contribution in [1.29, 1.82) is 0 Å².